The summed E-state index contributed by atoms with van der Waals surface area (Å²) in [5.74, 6) is -0.254. The molecule has 0 bridgehead atoms. The third-order valence-corrected chi connectivity index (χ3v) is 5.93. The maximum atomic E-state index is 13.1. The van der Waals surface area contributed by atoms with Crippen molar-refractivity contribution in [2.75, 3.05) is 33.4 Å². The first kappa shape index (κ1) is 15.7. The van der Waals surface area contributed by atoms with Gasteiger partial charge in [0.05, 0.1) is 12.0 Å². The molecule has 1 saturated carbocycles. The van der Waals surface area contributed by atoms with Crippen molar-refractivity contribution in [3.05, 3.63) is 0 Å². The van der Waals surface area contributed by atoms with Gasteiger partial charge in [0.2, 0.25) is 5.91 Å². The van der Waals surface area contributed by atoms with Gasteiger partial charge in [-0.1, -0.05) is 19.3 Å². The largest absolute Gasteiger partial charge is 0.381 e. The molecule has 3 aliphatic rings. The van der Waals surface area contributed by atoms with Gasteiger partial charge in [0.15, 0.2) is 0 Å². The molecule has 2 heterocycles. The highest BCUT2D eigenvalue weighted by atomic mass is 16.5. The van der Waals surface area contributed by atoms with Crippen molar-refractivity contribution in [3.63, 3.8) is 0 Å². The SMILES string of the molecule is COC1(C(=O)N2C[C@@H]3COCC[C@]3(C(N)=O)C2)CCCCC1. The Morgan fingerprint density at radius 1 is 1.23 bits per heavy atom. The Hall–Kier alpha value is -1.14. The monoisotopic (exact) mass is 310 g/mol. The Balaban J connectivity index is 1.81. The third-order valence-electron chi connectivity index (χ3n) is 5.93. The zero-order valence-corrected chi connectivity index (χ0v) is 13.3. The minimum absolute atomic E-state index is 0.0141. The van der Waals surface area contributed by atoms with Gasteiger partial charge in [-0.15, -0.1) is 0 Å². The van der Waals surface area contributed by atoms with E-state index >= 15 is 0 Å². The van der Waals surface area contributed by atoms with Crippen LogP contribution in [0.15, 0.2) is 0 Å². The molecule has 124 valence electrons. The first-order chi connectivity index (χ1) is 10.5. The third kappa shape index (κ3) is 2.33. The summed E-state index contributed by atoms with van der Waals surface area (Å²) >= 11 is 0. The number of hydrogen-bond donors (Lipinski definition) is 1. The van der Waals surface area contributed by atoms with E-state index in [9.17, 15) is 9.59 Å². The number of primary amides is 1. The number of methoxy groups -OCH3 is 1. The molecule has 0 aromatic rings. The normalized spacial score (nSPS) is 34.2. The topological polar surface area (TPSA) is 81.9 Å². The van der Waals surface area contributed by atoms with Gasteiger partial charge in [-0.2, -0.15) is 0 Å². The first-order valence-corrected chi connectivity index (χ1v) is 8.26. The van der Waals surface area contributed by atoms with E-state index in [0.717, 1.165) is 32.1 Å². The Labute approximate surface area is 131 Å². The van der Waals surface area contributed by atoms with E-state index in [1.54, 1.807) is 12.0 Å². The van der Waals surface area contributed by atoms with Gasteiger partial charge in [-0.3, -0.25) is 9.59 Å². The average molecular weight is 310 g/mol. The van der Waals surface area contributed by atoms with Crippen LogP contribution in [0.4, 0.5) is 0 Å². The van der Waals surface area contributed by atoms with E-state index in [2.05, 4.69) is 0 Å². The fourth-order valence-electron chi connectivity index (χ4n) is 4.42. The van der Waals surface area contributed by atoms with Crippen molar-refractivity contribution < 1.29 is 19.1 Å². The standard InChI is InChI=1S/C16H26N2O4/c1-21-16(5-3-2-4-6-16)14(20)18-9-12-10-22-8-7-15(12,11-18)13(17)19/h12H,2-11H2,1H3,(H2,17,19)/t12-,15+/m1/s1. The zero-order valence-electron chi connectivity index (χ0n) is 13.3. The number of rotatable bonds is 3. The maximum absolute atomic E-state index is 13.1. The van der Waals surface area contributed by atoms with Crippen molar-refractivity contribution in [3.8, 4) is 0 Å². The highest BCUT2D eigenvalue weighted by Crippen LogP contribution is 2.44. The summed E-state index contributed by atoms with van der Waals surface area (Å²) in [6.07, 6.45) is 5.33. The van der Waals surface area contributed by atoms with Crippen LogP contribution >= 0.6 is 0 Å². The number of nitrogens with two attached hydrogens (primary N) is 1. The molecule has 1 aliphatic carbocycles. The molecular weight excluding hydrogens is 284 g/mol. The molecule has 2 saturated heterocycles. The quantitative estimate of drug-likeness (QED) is 0.831. The van der Waals surface area contributed by atoms with Crippen LogP contribution in [0.5, 0.6) is 0 Å². The second kappa shape index (κ2) is 5.81. The van der Waals surface area contributed by atoms with Crippen LogP contribution in [0.1, 0.15) is 38.5 Å². The van der Waals surface area contributed by atoms with Crippen molar-refractivity contribution in [1.82, 2.24) is 4.90 Å². The van der Waals surface area contributed by atoms with Crippen molar-refractivity contribution >= 4 is 11.8 Å². The van der Waals surface area contributed by atoms with Crippen LogP contribution in [0.2, 0.25) is 0 Å². The molecular formula is C16H26N2O4. The van der Waals surface area contributed by atoms with Gasteiger partial charge in [0.25, 0.3) is 5.91 Å². The summed E-state index contributed by atoms with van der Waals surface area (Å²) in [5.41, 5.74) is 4.37. The number of hydrogen-bond acceptors (Lipinski definition) is 4. The molecule has 22 heavy (non-hydrogen) atoms. The van der Waals surface area contributed by atoms with Gasteiger partial charge >= 0.3 is 0 Å². The second-order valence-electron chi connectivity index (χ2n) is 6.99. The number of ether oxygens (including phenoxy) is 2. The van der Waals surface area contributed by atoms with E-state index in [4.69, 9.17) is 15.2 Å². The van der Waals surface area contributed by atoms with E-state index in [0.29, 0.717) is 32.7 Å². The highest BCUT2D eigenvalue weighted by molar-refractivity contribution is 5.88. The number of nitrogens with zero attached hydrogens (tertiary/aromatic N) is 1. The lowest BCUT2D eigenvalue weighted by atomic mass is 9.74. The smallest absolute Gasteiger partial charge is 0.254 e. The predicted octanol–water partition coefficient (Wildman–Crippen LogP) is 0.686. The number of fused-ring (bicyclic) bond motifs is 1. The minimum Gasteiger partial charge on any atom is -0.381 e. The Morgan fingerprint density at radius 3 is 2.55 bits per heavy atom. The summed E-state index contributed by atoms with van der Waals surface area (Å²) in [7, 11) is 1.62. The molecule has 6 nitrogen and oxygen atoms in total. The summed E-state index contributed by atoms with van der Waals surface area (Å²) in [5, 5.41) is 0. The molecule has 2 amide bonds. The molecule has 2 atom stereocenters. The lowest BCUT2D eigenvalue weighted by Gasteiger charge is -2.38. The Kier molecular flexibility index (Phi) is 4.16. The van der Waals surface area contributed by atoms with Crippen molar-refractivity contribution in [1.29, 1.82) is 0 Å². The van der Waals surface area contributed by atoms with Crippen LogP contribution < -0.4 is 5.73 Å². The Morgan fingerprint density at radius 2 is 1.95 bits per heavy atom. The van der Waals surface area contributed by atoms with Gasteiger partial charge < -0.3 is 20.1 Å². The number of likely N-dealkylation sites (tertiary alicyclic amines) is 1. The number of carbonyl (C=O) groups is 2. The van der Waals surface area contributed by atoms with Gasteiger partial charge in [0.1, 0.15) is 5.60 Å². The van der Waals surface area contributed by atoms with Crippen molar-refractivity contribution in [2.24, 2.45) is 17.1 Å². The highest BCUT2D eigenvalue weighted by Gasteiger charge is 2.56. The number of amides is 2. The lowest BCUT2D eigenvalue weighted by molar-refractivity contribution is -0.158. The molecule has 0 aromatic heterocycles. The van der Waals surface area contributed by atoms with E-state index < -0.39 is 11.0 Å². The van der Waals surface area contributed by atoms with E-state index in [-0.39, 0.29) is 17.7 Å². The van der Waals surface area contributed by atoms with Crippen LogP contribution in [0, 0.1) is 11.3 Å². The van der Waals surface area contributed by atoms with Gasteiger partial charge in [-0.25, -0.2) is 0 Å². The second-order valence-corrected chi connectivity index (χ2v) is 6.99. The first-order valence-electron chi connectivity index (χ1n) is 8.26. The van der Waals surface area contributed by atoms with E-state index in [1.807, 2.05) is 0 Å². The molecule has 0 radical (unpaired) electrons. The van der Waals surface area contributed by atoms with Gasteiger partial charge in [-0.05, 0) is 19.3 Å². The van der Waals surface area contributed by atoms with Crippen LogP contribution in [-0.2, 0) is 19.1 Å². The van der Waals surface area contributed by atoms with Crippen LogP contribution in [-0.4, -0.2) is 55.7 Å². The molecule has 0 unspecified atom stereocenters. The fraction of sp³-hybridized carbons (Fsp3) is 0.875. The lowest BCUT2D eigenvalue weighted by Crippen LogP contribution is -2.52. The molecule has 2 N–H and O–H groups in total. The predicted molar refractivity (Wildman–Crippen MR) is 80.0 cm³/mol. The Bertz CT molecular complexity index is 461. The molecule has 3 rings (SSSR count). The summed E-state index contributed by atoms with van der Waals surface area (Å²) < 4.78 is 11.2. The van der Waals surface area contributed by atoms with Gasteiger partial charge in [0, 0.05) is 32.7 Å². The molecule has 6 heteroatoms. The minimum atomic E-state index is -0.703. The van der Waals surface area contributed by atoms with E-state index in [1.165, 1.54) is 0 Å². The molecule has 0 aromatic carbocycles. The average Bonchev–Trinajstić information content (AvgIpc) is 2.95. The van der Waals surface area contributed by atoms with Crippen LogP contribution in [0.25, 0.3) is 0 Å². The fourth-order valence-corrected chi connectivity index (χ4v) is 4.42. The zero-order chi connectivity index (χ0) is 15.8. The summed E-state index contributed by atoms with van der Waals surface area (Å²) in [4.78, 5) is 26.9. The summed E-state index contributed by atoms with van der Waals surface area (Å²) in [6, 6.07) is 0. The molecule has 3 fully saturated rings. The van der Waals surface area contributed by atoms with Crippen molar-refractivity contribution in [2.45, 2.75) is 44.1 Å². The number of carbonyl (C=O) groups excluding carboxylic acids is 2. The summed E-state index contributed by atoms with van der Waals surface area (Å²) in [6.45, 7) is 2.01. The maximum Gasteiger partial charge on any atom is 0.254 e. The molecule has 2 aliphatic heterocycles. The molecule has 0 spiro atoms. The van der Waals surface area contributed by atoms with Crippen LogP contribution in [0.3, 0.4) is 0 Å².